The Hall–Kier alpha value is -1.32. The summed E-state index contributed by atoms with van der Waals surface area (Å²) in [5, 5.41) is 4.44. The number of hydrogen-bond acceptors (Lipinski definition) is 2. The van der Waals surface area contributed by atoms with E-state index in [2.05, 4.69) is 27.9 Å². The monoisotopic (exact) mass is 291 g/mol. The van der Waals surface area contributed by atoms with Crippen molar-refractivity contribution in [3.63, 3.8) is 0 Å². The van der Waals surface area contributed by atoms with Gasteiger partial charge in [0.2, 0.25) is 0 Å². The summed E-state index contributed by atoms with van der Waals surface area (Å²) in [5.74, 6) is 1.10. The molecule has 0 aliphatic rings. The van der Waals surface area contributed by atoms with Crippen LogP contribution in [-0.4, -0.2) is 22.1 Å². The van der Waals surface area contributed by atoms with Crippen LogP contribution < -0.4 is 5.32 Å². The van der Waals surface area contributed by atoms with Crippen LogP contribution in [-0.2, 0) is 19.9 Å². The zero-order valence-electron chi connectivity index (χ0n) is 12.1. The molecule has 0 amide bonds. The maximum Gasteiger partial charge on any atom is 0.109 e. The third kappa shape index (κ3) is 4.09. The first-order chi connectivity index (χ1) is 9.70. The molecule has 0 bridgehead atoms. The van der Waals surface area contributed by atoms with Crippen LogP contribution >= 0.6 is 11.6 Å². The fourth-order valence-corrected chi connectivity index (χ4v) is 2.52. The lowest BCUT2D eigenvalue weighted by Crippen LogP contribution is -2.34. The highest BCUT2D eigenvalue weighted by atomic mass is 35.5. The summed E-state index contributed by atoms with van der Waals surface area (Å²) in [4.78, 5) is 4.42. The number of nitrogens with one attached hydrogen (secondary N) is 1. The van der Waals surface area contributed by atoms with Gasteiger partial charge in [0.05, 0.1) is 0 Å². The van der Waals surface area contributed by atoms with Gasteiger partial charge in [0, 0.05) is 36.9 Å². The second-order valence-corrected chi connectivity index (χ2v) is 5.51. The molecule has 3 nitrogen and oxygen atoms in total. The SMILES string of the molecule is CCCNC(Cc1ccccc1Cl)Cc1nccn1C. The Morgan fingerprint density at radius 2 is 2.10 bits per heavy atom. The second kappa shape index (κ2) is 7.46. The molecule has 1 heterocycles. The zero-order chi connectivity index (χ0) is 14.4. The fourth-order valence-electron chi connectivity index (χ4n) is 2.31. The van der Waals surface area contributed by atoms with Gasteiger partial charge in [-0.25, -0.2) is 4.98 Å². The minimum atomic E-state index is 0.357. The first kappa shape index (κ1) is 15.1. The maximum atomic E-state index is 6.27. The summed E-state index contributed by atoms with van der Waals surface area (Å²) < 4.78 is 2.08. The highest BCUT2D eigenvalue weighted by Gasteiger charge is 2.14. The molecule has 1 N–H and O–H groups in total. The molecule has 1 aromatic heterocycles. The molecule has 0 radical (unpaired) electrons. The van der Waals surface area contributed by atoms with E-state index in [0.717, 1.165) is 36.7 Å². The van der Waals surface area contributed by atoms with Crippen molar-refractivity contribution in [1.29, 1.82) is 0 Å². The predicted molar refractivity (Wildman–Crippen MR) is 84.1 cm³/mol. The summed E-state index contributed by atoms with van der Waals surface area (Å²) >= 11 is 6.27. The molecule has 20 heavy (non-hydrogen) atoms. The van der Waals surface area contributed by atoms with Crippen LogP contribution in [0, 0.1) is 0 Å². The molecule has 1 unspecified atom stereocenters. The van der Waals surface area contributed by atoms with E-state index in [1.165, 1.54) is 5.56 Å². The van der Waals surface area contributed by atoms with E-state index in [1.54, 1.807) is 0 Å². The highest BCUT2D eigenvalue weighted by Crippen LogP contribution is 2.17. The van der Waals surface area contributed by atoms with Crippen LogP contribution in [0.3, 0.4) is 0 Å². The average Bonchev–Trinajstić information content (AvgIpc) is 2.84. The third-order valence-corrected chi connectivity index (χ3v) is 3.83. The van der Waals surface area contributed by atoms with Gasteiger partial charge in [0.15, 0.2) is 0 Å². The van der Waals surface area contributed by atoms with Gasteiger partial charge in [0.25, 0.3) is 0 Å². The Morgan fingerprint density at radius 1 is 1.30 bits per heavy atom. The molecule has 2 rings (SSSR count). The van der Waals surface area contributed by atoms with E-state index in [1.807, 2.05) is 37.6 Å². The lowest BCUT2D eigenvalue weighted by Gasteiger charge is -2.19. The molecule has 0 saturated heterocycles. The highest BCUT2D eigenvalue weighted by molar-refractivity contribution is 6.31. The van der Waals surface area contributed by atoms with E-state index in [4.69, 9.17) is 11.6 Å². The fraction of sp³-hybridized carbons (Fsp3) is 0.438. The first-order valence-electron chi connectivity index (χ1n) is 7.13. The lowest BCUT2D eigenvalue weighted by atomic mass is 10.0. The summed E-state index contributed by atoms with van der Waals surface area (Å²) in [6.45, 7) is 3.19. The van der Waals surface area contributed by atoms with Crippen LogP contribution in [0.5, 0.6) is 0 Å². The lowest BCUT2D eigenvalue weighted by molar-refractivity contribution is 0.490. The molecular weight excluding hydrogens is 270 g/mol. The van der Waals surface area contributed by atoms with Crippen LogP contribution in [0.25, 0.3) is 0 Å². The van der Waals surface area contributed by atoms with Crippen molar-refractivity contribution in [2.75, 3.05) is 6.54 Å². The number of hydrogen-bond donors (Lipinski definition) is 1. The van der Waals surface area contributed by atoms with Gasteiger partial charge >= 0.3 is 0 Å². The molecule has 4 heteroatoms. The van der Waals surface area contributed by atoms with Gasteiger partial charge in [-0.05, 0) is 31.0 Å². The molecule has 0 aliphatic carbocycles. The van der Waals surface area contributed by atoms with Crippen molar-refractivity contribution < 1.29 is 0 Å². The number of halogens is 1. The maximum absolute atomic E-state index is 6.27. The number of aryl methyl sites for hydroxylation is 1. The molecule has 0 aliphatic heterocycles. The topological polar surface area (TPSA) is 29.9 Å². The molecular formula is C16H22ClN3. The van der Waals surface area contributed by atoms with Crippen molar-refractivity contribution >= 4 is 11.6 Å². The Labute approximate surface area is 126 Å². The minimum absolute atomic E-state index is 0.357. The molecule has 1 atom stereocenters. The van der Waals surface area contributed by atoms with E-state index in [-0.39, 0.29) is 0 Å². The van der Waals surface area contributed by atoms with E-state index < -0.39 is 0 Å². The third-order valence-electron chi connectivity index (χ3n) is 3.46. The molecule has 0 saturated carbocycles. The summed E-state index contributed by atoms with van der Waals surface area (Å²) in [7, 11) is 2.04. The van der Waals surface area contributed by atoms with Gasteiger partial charge in [-0.2, -0.15) is 0 Å². The molecule has 1 aromatic carbocycles. The normalized spacial score (nSPS) is 12.6. The first-order valence-corrected chi connectivity index (χ1v) is 7.51. The predicted octanol–water partition coefficient (Wildman–Crippen LogP) is 3.23. The largest absolute Gasteiger partial charge is 0.338 e. The quantitative estimate of drug-likeness (QED) is 0.849. The van der Waals surface area contributed by atoms with Crippen molar-refractivity contribution in [3.05, 3.63) is 53.1 Å². The van der Waals surface area contributed by atoms with Crippen molar-refractivity contribution in [3.8, 4) is 0 Å². The van der Waals surface area contributed by atoms with Crippen molar-refractivity contribution in [2.45, 2.75) is 32.2 Å². The summed E-state index contributed by atoms with van der Waals surface area (Å²) in [6.07, 6.45) is 6.80. The van der Waals surface area contributed by atoms with Crippen molar-refractivity contribution in [2.24, 2.45) is 7.05 Å². The molecule has 2 aromatic rings. The molecule has 108 valence electrons. The Bertz CT molecular complexity index is 536. The molecule has 0 fully saturated rings. The van der Waals surface area contributed by atoms with Crippen LogP contribution in [0.15, 0.2) is 36.7 Å². The standard InChI is InChI=1S/C16H22ClN3/c1-3-8-18-14(12-16-19-9-10-20(16)2)11-13-6-4-5-7-15(13)17/h4-7,9-10,14,18H,3,8,11-12H2,1-2H3. The van der Waals surface area contributed by atoms with E-state index in [0.29, 0.717) is 6.04 Å². The number of aromatic nitrogens is 2. The summed E-state index contributed by atoms with van der Waals surface area (Å²) in [6, 6.07) is 8.42. The Balaban J connectivity index is 2.07. The van der Waals surface area contributed by atoms with Crippen molar-refractivity contribution in [1.82, 2.24) is 14.9 Å². The van der Waals surface area contributed by atoms with Gasteiger partial charge in [0.1, 0.15) is 5.82 Å². The molecule has 0 spiro atoms. The minimum Gasteiger partial charge on any atom is -0.338 e. The number of imidazole rings is 1. The number of rotatable bonds is 7. The summed E-state index contributed by atoms with van der Waals surface area (Å²) in [5.41, 5.74) is 1.19. The van der Waals surface area contributed by atoms with Crippen LogP contribution in [0.1, 0.15) is 24.7 Å². The van der Waals surface area contributed by atoms with Gasteiger partial charge in [-0.1, -0.05) is 36.7 Å². The van der Waals surface area contributed by atoms with E-state index >= 15 is 0 Å². The second-order valence-electron chi connectivity index (χ2n) is 5.11. The Kier molecular flexibility index (Phi) is 5.62. The Morgan fingerprint density at radius 3 is 2.75 bits per heavy atom. The smallest absolute Gasteiger partial charge is 0.109 e. The van der Waals surface area contributed by atoms with Crippen LogP contribution in [0.4, 0.5) is 0 Å². The van der Waals surface area contributed by atoms with Gasteiger partial charge in [-0.3, -0.25) is 0 Å². The zero-order valence-corrected chi connectivity index (χ0v) is 12.9. The van der Waals surface area contributed by atoms with Gasteiger partial charge < -0.3 is 9.88 Å². The number of benzene rings is 1. The van der Waals surface area contributed by atoms with Gasteiger partial charge in [-0.15, -0.1) is 0 Å². The van der Waals surface area contributed by atoms with Crippen LogP contribution in [0.2, 0.25) is 5.02 Å². The van der Waals surface area contributed by atoms with E-state index in [9.17, 15) is 0 Å². The average molecular weight is 292 g/mol. The number of nitrogens with zero attached hydrogens (tertiary/aromatic N) is 2.